The minimum Gasteiger partial charge on any atom is -0.484 e. The van der Waals surface area contributed by atoms with E-state index in [0.717, 1.165) is 5.56 Å². The molecule has 2 aromatic carbocycles. The summed E-state index contributed by atoms with van der Waals surface area (Å²) in [5.41, 5.74) is 1.04. The Morgan fingerprint density at radius 3 is 2.59 bits per heavy atom. The Morgan fingerprint density at radius 2 is 1.95 bits per heavy atom. The molecule has 0 atom stereocenters. The van der Waals surface area contributed by atoms with Crippen molar-refractivity contribution < 1.29 is 18.8 Å². The number of ether oxygens (including phenoxy) is 1. The molecule has 7 heteroatoms. The van der Waals surface area contributed by atoms with E-state index in [2.05, 4.69) is 5.32 Å². The third-order valence-corrected chi connectivity index (χ3v) is 2.89. The molecular weight excluding hydrogens is 291 g/mol. The van der Waals surface area contributed by atoms with Crippen molar-refractivity contribution in [2.75, 3.05) is 11.9 Å². The predicted octanol–water partition coefficient (Wildman–Crippen LogP) is 3.06. The Morgan fingerprint density at radius 1 is 1.27 bits per heavy atom. The van der Waals surface area contributed by atoms with E-state index in [1.807, 2.05) is 0 Å². The second kappa shape index (κ2) is 6.66. The first-order valence-electron chi connectivity index (χ1n) is 6.39. The first kappa shape index (κ1) is 15.4. The van der Waals surface area contributed by atoms with Gasteiger partial charge in [0.05, 0.1) is 4.92 Å². The number of non-ortho nitro benzene ring substituents is 1. The lowest BCUT2D eigenvalue weighted by atomic mass is 10.2. The molecule has 0 saturated heterocycles. The normalized spacial score (nSPS) is 10.1. The van der Waals surface area contributed by atoms with E-state index < -0.39 is 16.6 Å². The minimum atomic E-state index is -0.525. The molecule has 1 amide bonds. The number of carbonyl (C=O) groups is 1. The molecule has 22 heavy (non-hydrogen) atoms. The van der Waals surface area contributed by atoms with Gasteiger partial charge in [-0.1, -0.05) is 6.07 Å². The number of nitro benzene ring substituents is 1. The van der Waals surface area contributed by atoms with Crippen LogP contribution >= 0.6 is 0 Å². The van der Waals surface area contributed by atoms with Gasteiger partial charge in [0.25, 0.3) is 11.6 Å². The zero-order valence-corrected chi connectivity index (χ0v) is 11.7. The van der Waals surface area contributed by atoms with Crippen molar-refractivity contribution in [2.45, 2.75) is 6.92 Å². The number of nitrogens with one attached hydrogen (secondary N) is 1. The minimum absolute atomic E-state index is 0.0628. The molecule has 0 fully saturated rings. The number of hydrogen-bond acceptors (Lipinski definition) is 4. The van der Waals surface area contributed by atoms with Gasteiger partial charge in [0.2, 0.25) is 0 Å². The summed E-state index contributed by atoms with van der Waals surface area (Å²) in [6, 6.07) is 9.45. The van der Waals surface area contributed by atoms with Crippen molar-refractivity contribution in [3.63, 3.8) is 0 Å². The third-order valence-electron chi connectivity index (χ3n) is 2.89. The molecule has 114 valence electrons. The fraction of sp³-hybridized carbons (Fsp3) is 0.133. The van der Waals surface area contributed by atoms with Crippen LogP contribution in [0.5, 0.6) is 5.75 Å². The molecule has 0 radical (unpaired) electrons. The summed E-state index contributed by atoms with van der Waals surface area (Å²) in [4.78, 5) is 21.7. The first-order chi connectivity index (χ1) is 10.5. The van der Waals surface area contributed by atoms with Crippen molar-refractivity contribution in [3.05, 3.63) is 64.0 Å². The Kier molecular flexibility index (Phi) is 4.67. The molecule has 0 spiro atoms. The summed E-state index contributed by atoms with van der Waals surface area (Å²) < 4.78 is 18.3. The topological polar surface area (TPSA) is 81.5 Å². The van der Waals surface area contributed by atoms with Crippen molar-refractivity contribution in [3.8, 4) is 5.75 Å². The number of rotatable bonds is 5. The van der Waals surface area contributed by atoms with Crippen LogP contribution in [0.3, 0.4) is 0 Å². The highest BCUT2D eigenvalue weighted by Crippen LogP contribution is 2.18. The molecule has 1 N–H and O–H groups in total. The highest BCUT2D eigenvalue weighted by Gasteiger charge is 2.08. The van der Waals surface area contributed by atoms with Crippen LogP contribution in [0.15, 0.2) is 42.5 Å². The number of nitro groups is 1. The van der Waals surface area contributed by atoms with Gasteiger partial charge in [-0.3, -0.25) is 14.9 Å². The van der Waals surface area contributed by atoms with Gasteiger partial charge < -0.3 is 10.1 Å². The zero-order valence-electron chi connectivity index (χ0n) is 11.7. The van der Waals surface area contributed by atoms with Gasteiger partial charge >= 0.3 is 0 Å². The number of anilines is 1. The van der Waals surface area contributed by atoms with E-state index in [1.165, 1.54) is 36.4 Å². The average Bonchev–Trinajstić information content (AvgIpc) is 2.49. The first-order valence-corrected chi connectivity index (χ1v) is 6.39. The maximum Gasteiger partial charge on any atom is 0.269 e. The molecule has 0 aliphatic rings. The van der Waals surface area contributed by atoms with E-state index in [9.17, 15) is 19.3 Å². The summed E-state index contributed by atoms with van der Waals surface area (Å²) in [6.45, 7) is 1.46. The number of nitrogens with zero attached hydrogens (tertiary/aromatic N) is 1. The maximum atomic E-state index is 13.1. The Bertz CT molecular complexity index is 701. The van der Waals surface area contributed by atoms with Crippen LogP contribution in [0.2, 0.25) is 0 Å². The van der Waals surface area contributed by atoms with Gasteiger partial charge in [-0.15, -0.1) is 0 Å². The molecule has 0 aliphatic carbocycles. The van der Waals surface area contributed by atoms with E-state index >= 15 is 0 Å². The maximum absolute atomic E-state index is 13.1. The van der Waals surface area contributed by atoms with Gasteiger partial charge in [0, 0.05) is 17.8 Å². The fourth-order valence-corrected chi connectivity index (χ4v) is 1.73. The largest absolute Gasteiger partial charge is 0.484 e. The summed E-state index contributed by atoms with van der Waals surface area (Å²) in [5.74, 6) is -0.569. The van der Waals surface area contributed by atoms with Crippen LogP contribution in [-0.2, 0) is 4.79 Å². The highest BCUT2D eigenvalue weighted by atomic mass is 19.1. The third kappa shape index (κ3) is 4.02. The number of benzene rings is 2. The molecular formula is C15H13FN2O4. The number of halogens is 1. The fourth-order valence-electron chi connectivity index (χ4n) is 1.73. The van der Waals surface area contributed by atoms with Crippen molar-refractivity contribution in [1.82, 2.24) is 0 Å². The second-order valence-electron chi connectivity index (χ2n) is 4.55. The number of carbonyl (C=O) groups excluding carboxylic acids is 1. The highest BCUT2D eigenvalue weighted by molar-refractivity contribution is 5.92. The van der Waals surface area contributed by atoms with Crippen molar-refractivity contribution in [1.29, 1.82) is 0 Å². The summed E-state index contributed by atoms with van der Waals surface area (Å²) in [7, 11) is 0. The van der Waals surface area contributed by atoms with E-state index in [-0.39, 0.29) is 12.3 Å². The number of amides is 1. The van der Waals surface area contributed by atoms with Gasteiger partial charge in [0.15, 0.2) is 6.61 Å². The Labute approximate surface area is 125 Å². The van der Waals surface area contributed by atoms with Crippen LogP contribution in [0, 0.1) is 22.9 Å². The van der Waals surface area contributed by atoms with Crippen molar-refractivity contribution in [2.24, 2.45) is 0 Å². The molecule has 0 unspecified atom stereocenters. The summed E-state index contributed by atoms with van der Waals surface area (Å²) in [6.07, 6.45) is 0. The van der Waals surface area contributed by atoms with Crippen LogP contribution in [0.4, 0.5) is 15.8 Å². The lowest BCUT2D eigenvalue weighted by molar-refractivity contribution is -0.384. The van der Waals surface area contributed by atoms with Crippen LogP contribution in [-0.4, -0.2) is 17.4 Å². The number of aryl methyl sites for hydroxylation is 1. The molecule has 0 saturated carbocycles. The van der Waals surface area contributed by atoms with Crippen molar-refractivity contribution >= 4 is 17.3 Å². The molecule has 0 bridgehead atoms. The van der Waals surface area contributed by atoms with E-state index in [1.54, 1.807) is 13.0 Å². The van der Waals surface area contributed by atoms with Gasteiger partial charge in [-0.05, 0) is 36.8 Å². The SMILES string of the molecule is Cc1ccc(F)cc1NC(=O)COc1ccc([N+](=O)[O-])cc1. The molecule has 2 aromatic rings. The predicted molar refractivity (Wildman–Crippen MR) is 78.4 cm³/mol. The summed E-state index contributed by atoms with van der Waals surface area (Å²) in [5, 5.41) is 13.0. The average molecular weight is 304 g/mol. The Balaban J connectivity index is 1.92. The smallest absolute Gasteiger partial charge is 0.269 e. The van der Waals surface area contributed by atoms with Gasteiger partial charge in [-0.25, -0.2) is 4.39 Å². The van der Waals surface area contributed by atoms with E-state index in [0.29, 0.717) is 11.4 Å². The van der Waals surface area contributed by atoms with Gasteiger partial charge in [-0.2, -0.15) is 0 Å². The standard InChI is InChI=1S/C15H13FN2O4/c1-10-2-3-11(16)8-14(10)17-15(19)9-22-13-6-4-12(5-7-13)18(20)21/h2-8H,9H2,1H3,(H,17,19). The quantitative estimate of drug-likeness (QED) is 0.680. The molecule has 0 aliphatic heterocycles. The van der Waals surface area contributed by atoms with Crippen LogP contribution in [0.1, 0.15) is 5.56 Å². The number of hydrogen-bond donors (Lipinski definition) is 1. The second-order valence-corrected chi connectivity index (χ2v) is 4.55. The zero-order chi connectivity index (χ0) is 16.1. The summed E-state index contributed by atoms with van der Waals surface area (Å²) >= 11 is 0. The molecule has 0 aromatic heterocycles. The van der Waals surface area contributed by atoms with Crippen LogP contribution in [0.25, 0.3) is 0 Å². The lowest BCUT2D eigenvalue weighted by Crippen LogP contribution is -2.20. The monoisotopic (exact) mass is 304 g/mol. The molecule has 6 nitrogen and oxygen atoms in total. The Hall–Kier alpha value is -2.96. The van der Waals surface area contributed by atoms with Gasteiger partial charge in [0.1, 0.15) is 11.6 Å². The molecule has 0 heterocycles. The lowest BCUT2D eigenvalue weighted by Gasteiger charge is -2.09. The van der Waals surface area contributed by atoms with Crippen LogP contribution < -0.4 is 10.1 Å². The molecule has 2 rings (SSSR count). The van der Waals surface area contributed by atoms with E-state index in [4.69, 9.17) is 4.74 Å².